The summed E-state index contributed by atoms with van der Waals surface area (Å²) in [6.45, 7) is 1.76. The Hall–Kier alpha value is -1.80. The van der Waals surface area contributed by atoms with Crippen LogP contribution in [0.1, 0.15) is 36.4 Å². The Morgan fingerprint density at radius 3 is 2.45 bits per heavy atom. The summed E-state index contributed by atoms with van der Waals surface area (Å²) in [7, 11) is 0. The smallest absolute Gasteiger partial charge is 0.119 e. The van der Waals surface area contributed by atoms with E-state index in [2.05, 4.69) is 41.7 Å². The van der Waals surface area contributed by atoms with Gasteiger partial charge in [0, 0.05) is 6.04 Å². The number of piperidine rings is 1. The van der Waals surface area contributed by atoms with Crippen molar-refractivity contribution in [3.63, 3.8) is 0 Å². The van der Waals surface area contributed by atoms with Gasteiger partial charge in [-0.1, -0.05) is 48.9 Å². The molecule has 2 aromatic carbocycles. The van der Waals surface area contributed by atoms with Crippen LogP contribution in [0.5, 0.6) is 5.75 Å². The number of hydrogen-bond donors (Lipinski definition) is 1. The number of hydrogen-bond acceptors (Lipinski definition) is 2. The molecule has 104 valence electrons. The summed E-state index contributed by atoms with van der Waals surface area (Å²) in [5.41, 5.74) is 2.57. The minimum absolute atomic E-state index is 0.520. The monoisotopic (exact) mass is 267 g/mol. The second-order valence-corrected chi connectivity index (χ2v) is 5.35. The zero-order valence-electron chi connectivity index (χ0n) is 11.7. The molecule has 1 atom stereocenters. The van der Waals surface area contributed by atoms with Gasteiger partial charge in [0.05, 0.1) is 0 Å². The summed E-state index contributed by atoms with van der Waals surface area (Å²) in [5, 5.41) is 3.57. The highest BCUT2D eigenvalue weighted by atomic mass is 16.5. The topological polar surface area (TPSA) is 21.3 Å². The van der Waals surface area contributed by atoms with Crippen LogP contribution in [0, 0.1) is 0 Å². The molecule has 1 aliphatic rings. The van der Waals surface area contributed by atoms with Crippen LogP contribution in [0.2, 0.25) is 0 Å². The van der Waals surface area contributed by atoms with Crippen molar-refractivity contribution in [1.82, 2.24) is 5.32 Å². The highest BCUT2D eigenvalue weighted by molar-refractivity contribution is 5.29. The van der Waals surface area contributed by atoms with Gasteiger partial charge in [-0.25, -0.2) is 0 Å². The van der Waals surface area contributed by atoms with Gasteiger partial charge in [0.25, 0.3) is 0 Å². The molecule has 0 spiro atoms. The van der Waals surface area contributed by atoms with Crippen LogP contribution in [0.4, 0.5) is 0 Å². The molecule has 0 amide bonds. The summed E-state index contributed by atoms with van der Waals surface area (Å²) >= 11 is 0. The van der Waals surface area contributed by atoms with Crippen molar-refractivity contribution in [2.24, 2.45) is 0 Å². The Labute approximate surface area is 120 Å². The Bertz CT molecular complexity index is 515. The molecule has 0 aromatic heterocycles. The van der Waals surface area contributed by atoms with Crippen LogP contribution in [0.3, 0.4) is 0 Å². The van der Waals surface area contributed by atoms with E-state index in [1.54, 1.807) is 0 Å². The van der Waals surface area contributed by atoms with Crippen molar-refractivity contribution >= 4 is 0 Å². The molecule has 3 rings (SSSR count). The first kappa shape index (κ1) is 13.2. The lowest BCUT2D eigenvalue weighted by Gasteiger charge is -2.23. The second-order valence-electron chi connectivity index (χ2n) is 5.35. The van der Waals surface area contributed by atoms with E-state index in [9.17, 15) is 0 Å². The average Bonchev–Trinajstić information content (AvgIpc) is 2.55. The van der Waals surface area contributed by atoms with Crippen LogP contribution in [-0.4, -0.2) is 6.54 Å². The zero-order chi connectivity index (χ0) is 13.6. The van der Waals surface area contributed by atoms with Crippen molar-refractivity contribution in [2.45, 2.75) is 31.9 Å². The predicted octanol–water partition coefficient (Wildman–Crippen LogP) is 4.08. The molecule has 0 radical (unpaired) electrons. The van der Waals surface area contributed by atoms with E-state index in [-0.39, 0.29) is 0 Å². The molecular formula is C18H21NO. The van der Waals surface area contributed by atoms with Crippen LogP contribution < -0.4 is 10.1 Å². The van der Waals surface area contributed by atoms with Crippen LogP contribution in [-0.2, 0) is 6.61 Å². The van der Waals surface area contributed by atoms with Gasteiger partial charge in [0.2, 0.25) is 0 Å². The highest BCUT2D eigenvalue weighted by Crippen LogP contribution is 2.24. The summed E-state index contributed by atoms with van der Waals surface area (Å²) in [4.78, 5) is 0. The molecule has 2 nitrogen and oxygen atoms in total. The summed E-state index contributed by atoms with van der Waals surface area (Å²) in [6.07, 6.45) is 3.86. The third-order valence-corrected chi connectivity index (χ3v) is 3.84. The molecular weight excluding hydrogens is 246 g/mol. The quantitative estimate of drug-likeness (QED) is 0.901. The van der Waals surface area contributed by atoms with Gasteiger partial charge >= 0.3 is 0 Å². The molecule has 1 fully saturated rings. The van der Waals surface area contributed by atoms with Gasteiger partial charge in [0.1, 0.15) is 12.4 Å². The van der Waals surface area contributed by atoms with E-state index >= 15 is 0 Å². The van der Waals surface area contributed by atoms with Gasteiger partial charge in [-0.15, -0.1) is 0 Å². The largest absolute Gasteiger partial charge is 0.489 e. The minimum Gasteiger partial charge on any atom is -0.489 e. The summed E-state index contributed by atoms with van der Waals surface area (Å²) < 4.78 is 5.81. The standard InChI is InChI=1S/C18H21NO/c1-2-6-15(7-3-1)14-20-17-11-9-16(10-12-17)18-8-4-5-13-19-18/h1-3,6-7,9-12,18-19H,4-5,8,13-14H2/t18-/m0/s1. The lowest BCUT2D eigenvalue weighted by atomic mass is 9.98. The number of nitrogens with one attached hydrogen (secondary N) is 1. The van der Waals surface area contributed by atoms with Gasteiger partial charge < -0.3 is 10.1 Å². The SMILES string of the molecule is c1ccc(COc2ccc([C@@H]3CCCCN3)cc2)cc1. The van der Waals surface area contributed by atoms with E-state index in [4.69, 9.17) is 4.74 Å². The van der Waals surface area contributed by atoms with Crippen LogP contribution in [0.15, 0.2) is 54.6 Å². The van der Waals surface area contributed by atoms with Gasteiger partial charge in [-0.3, -0.25) is 0 Å². The molecule has 1 aliphatic heterocycles. The fourth-order valence-corrected chi connectivity index (χ4v) is 2.67. The number of ether oxygens (including phenoxy) is 1. The molecule has 20 heavy (non-hydrogen) atoms. The fourth-order valence-electron chi connectivity index (χ4n) is 2.67. The first-order valence-electron chi connectivity index (χ1n) is 7.42. The molecule has 0 bridgehead atoms. The van der Waals surface area contributed by atoms with E-state index in [1.165, 1.54) is 30.4 Å². The van der Waals surface area contributed by atoms with E-state index in [0.717, 1.165) is 12.3 Å². The first-order chi connectivity index (χ1) is 9.92. The zero-order valence-corrected chi connectivity index (χ0v) is 11.7. The molecule has 1 saturated heterocycles. The van der Waals surface area contributed by atoms with Crippen LogP contribution in [0.25, 0.3) is 0 Å². The fraction of sp³-hybridized carbons (Fsp3) is 0.333. The highest BCUT2D eigenvalue weighted by Gasteiger charge is 2.14. The number of benzene rings is 2. The van der Waals surface area contributed by atoms with Crippen molar-refractivity contribution in [3.05, 3.63) is 65.7 Å². The normalized spacial score (nSPS) is 18.7. The van der Waals surface area contributed by atoms with Crippen molar-refractivity contribution in [2.75, 3.05) is 6.54 Å². The predicted molar refractivity (Wildman–Crippen MR) is 81.8 cm³/mol. The Kier molecular flexibility index (Phi) is 4.34. The molecule has 1 heterocycles. The van der Waals surface area contributed by atoms with Gasteiger partial charge in [-0.05, 0) is 42.6 Å². The van der Waals surface area contributed by atoms with E-state index in [0.29, 0.717) is 12.6 Å². The van der Waals surface area contributed by atoms with Crippen molar-refractivity contribution in [3.8, 4) is 5.75 Å². The van der Waals surface area contributed by atoms with E-state index in [1.807, 2.05) is 18.2 Å². The molecule has 2 aromatic rings. The molecule has 2 heteroatoms. The van der Waals surface area contributed by atoms with Crippen molar-refractivity contribution < 1.29 is 4.74 Å². The minimum atomic E-state index is 0.520. The van der Waals surface area contributed by atoms with Gasteiger partial charge in [0.15, 0.2) is 0 Å². The number of rotatable bonds is 4. The maximum Gasteiger partial charge on any atom is 0.119 e. The maximum absolute atomic E-state index is 5.81. The van der Waals surface area contributed by atoms with Crippen molar-refractivity contribution in [1.29, 1.82) is 0 Å². The Morgan fingerprint density at radius 1 is 0.950 bits per heavy atom. The van der Waals surface area contributed by atoms with E-state index < -0.39 is 0 Å². The third kappa shape index (κ3) is 3.40. The first-order valence-corrected chi connectivity index (χ1v) is 7.42. The summed E-state index contributed by atoms with van der Waals surface area (Å²) in [6, 6.07) is 19.3. The lowest BCUT2D eigenvalue weighted by molar-refractivity contribution is 0.306. The third-order valence-electron chi connectivity index (χ3n) is 3.84. The van der Waals surface area contributed by atoms with Crippen LogP contribution >= 0.6 is 0 Å². The lowest BCUT2D eigenvalue weighted by Crippen LogP contribution is -2.26. The molecule has 0 saturated carbocycles. The molecule has 1 N–H and O–H groups in total. The Morgan fingerprint density at radius 2 is 1.75 bits per heavy atom. The average molecular weight is 267 g/mol. The maximum atomic E-state index is 5.81. The second kappa shape index (κ2) is 6.58. The Balaban J connectivity index is 1.58. The molecule has 0 unspecified atom stereocenters. The van der Waals surface area contributed by atoms with Gasteiger partial charge in [-0.2, -0.15) is 0 Å². The molecule has 0 aliphatic carbocycles. The summed E-state index contributed by atoms with van der Waals surface area (Å²) in [5.74, 6) is 0.938.